The van der Waals surface area contributed by atoms with Crippen molar-refractivity contribution in [3.8, 4) is 0 Å². The number of pyridine rings is 1. The zero-order chi connectivity index (χ0) is 13.2. The van der Waals surface area contributed by atoms with Gasteiger partial charge in [-0.05, 0) is 13.0 Å². The van der Waals surface area contributed by atoms with Crippen LogP contribution >= 0.6 is 11.3 Å². The van der Waals surface area contributed by atoms with E-state index in [0.29, 0.717) is 5.01 Å². The molecule has 96 valence electrons. The second-order valence-corrected chi connectivity index (χ2v) is 6.24. The van der Waals surface area contributed by atoms with E-state index in [4.69, 9.17) is 5.73 Å². The molecule has 0 aliphatic carbocycles. The second kappa shape index (κ2) is 5.01. The quantitative estimate of drug-likeness (QED) is 0.878. The summed E-state index contributed by atoms with van der Waals surface area (Å²) in [4.78, 5) is 7.81. The number of nitrogens with zero attached hydrogens (tertiary/aromatic N) is 2. The number of thiazole rings is 1. The zero-order valence-corrected chi connectivity index (χ0v) is 11.2. The molecule has 0 aromatic carbocycles. The molecule has 1 atom stereocenters. The molecule has 2 rings (SSSR count). The topological polar surface area (TPSA) is 98.0 Å². The molecule has 0 amide bonds. The molecule has 0 fully saturated rings. The first-order valence-electron chi connectivity index (χ1n) is 5.12. The fourth-order valence-corrected chi connectivity index (χ4v) is 3.41. The van der Waals surface area contributed by atoms with Crippen LogP contribution in [0.15, 0.2) is 34.9 Å². The Labute approximate surface area is 109 Å². The Morgan fingerprint density at radius 2 is 2.22 bits per heavy atom. The summed E-state index contributed by atoms with van der Waals surface area (Å²) in [6.07, 6.45) is 4.30. The van der Waals surface area contributed by atoms with Crippen molar-refractivity contribution in [3.63, 3.8) is 0 Å². The molecular formula is C10H12N4O2S2. The number of sulfonamides is 1. The third-order valence-corrected chi connectivity index (χ3v) is 4.80. The van der Waals surface area contributed by atoms with Gasteiger partial charge < -0.3 is 5.73 Å². The van der Waals surface area contributed by atoms with E-state index in [9.17, 15) is 8.42 Å². The Morgan fingerprint density at radius 1 is 1.44 bits per heavy atom. The summed E-state index contributed by atoms with van der Waals surface area (Å²) in [6.45, 7) is 1.73. The van der Waals surface area contributed by atoms with E-state index in [1.807, 2.05) is 0 Å². The van der Waals surface area contributed by atoms with Crippen molar-refractivity contribution >= 4 is 27.0 Å². The normalized spacial score (nSPS) is 13.4. The minimum Gasteiger partial charge on any atom is -0.398 e. The molecule has 0 bridgehead atoms. The molecule has 0 spiro atoms. The fraction of sp³-hybridized carbons (Fsp3) is 0.200. The lowest BCUT2D eigenvalue weighted by Gasteiger charge is -2.12. The van der Waals surface area contributed by atoms with Gasteiger partial charge in [0, 0.05) is 24.0 Å². The average Bonchev–Trinajstić information content (AvgIpc) is 2.82. The first-order valence-corrected chi connectivity index (χ1v) is 7.48. The number of rotatable bonds is 4. The molecule has 3 N–H and O–H groups in total. The maximum absolute atomic E-state index is 12.1. The first-order chi connectivity index (χ1) is 8.50. The SMILES string of the molecule is CC(NS(=O)(=O)c1cnccc1N)c1nccs1. The van der Waals surface area contributed by atoms with Crippen LogP contribution in [-0.2, 0) is 10.0 Å². The van der Waals surface area contributed by atoms with Crippen molar-refractivity contribution in [2.24, 2.45) is 0 Å². The van der Waals surface area contributed by atoms with Crippen LogP contribution in [0, 0.1) is 0 Å². The van der Waals surface area contributed by atoms with Gasteiger partial charge in [0.15, 0.2) is 0 Å². The van der Waals surface area contributed by atoms with Crippen molar-refractivity contribution in [2.75, 3.05) is 5.73 Å². The van der Waals surface area contributed by atoms with E-state index in [1.165, 1.54) is 29.8 Å². The number of anilines is 1. The third-order valence-electron chi connectivity index (χ3n) is 2.26. The van der Waals surface area contributed by atoms with Crippen LogP contribution in [-0.4, -0.2) is 18.4 Å². The molecule has 0 radical (unpaired) electrons. The Hall–Kier alpha value is -1.51. The van der Waals surface area contributed by atoms with E-state index < -0.39 is 16.1 Å². The average molecular weight is 284 g/mol. The van der Waals surface area contributed by atoms with Gasteiger partial charge in [0.25, 0.3) is 0 Å². The van der Waals surface area contributed by atoms with Gasteiger partial charge in [-0.1, -0.05) is 0 Å². The van der Waals surface area contributed by atoms with Crippen molar-refractivity contribution < 1.29 is 8.42 Å². The van der Waals surface area contributed by atoms with Gasteiger partial charge in [0.1, 0.15) is 9.90 Å². The second-order valence-electron chi connectivity index (χ2n) is 3.63. The summed E-state index contributed by atoms with van der Waals surface area (Å²) in [7, 11) is -3.69. The molecule has 0 saturated heterocycles. The van der Waals surface area contributed by atoms with E-state index in [-0.39, 0.29) is 10.6 Å². The van der Waals surface area contributed by atoms with Crippen LogP contribution < -0.4 is 10.5 Å². The van der Waals surface area contributed by atoms with Gasteiger partial charge in [-0.15, -0.1) is 11.3 Å². The number of nitrogens with one attached hydrogen (secondary N) is 1. The number of hydrogen-bond acceptors (Lipinski definition) is 6. The highest BCUT2D eigenvalue weighted by molar-refractivity contribution is 7.89. The van der Waals surface area contributed by atoms with Crippen molar-refractivity contribution in [3.05, 3.63) is 35.0 Å². The fourth-order valence-electron chi connectivity index (χ4n) is 1.41. The summed E-state index contributed by atoms with van der Waals surface area (Å²) < 4.78 is 26.7. The molecule has 2 aromatic heterocycles. The van der Waals surface area contributed by atoms with Gasteiger partial charge >= 0.3 is 0 Å². The van der Waals surface area contributed by atoms with Gasteiger partial charge in [-0.25, -0.2) is 18.1 Å². The molecule has 1 unspecified atom stereocenters. The van der Waals surface area contributed by atoms with Crippen LogP contribution in [0.3, 0.4) is 0 Å². The summed E-state index contributed by atoms with van der Waals surface area (Å²) in [5, 5.41) is 2.49. The van der Waals surface area contributed by atoms with Gasteiger partial charge in [0.2, 0.25) is 10.0 Å². The lowest BCUT2D eigenvalue weighted by Crippen LogP contribution is -2.27. The predicted octanol–water partition coefficient (Wildman–Crippen LogP) is 1.16. The highest BCUT2D eigenvalue weighted by atomic mass is 32.2. The van der Waals surface area contributed by atoms with E-state index >= 15 is 0 Å². The van der Waals surface area contributed by atoms with E-state index in [1.54, 1.807) is 18.5 Å². The summed E-state index contributed by atoms with van der Waals surface area (Å²) in [5.41, 5.74) is 5.80. The third kappa shape index (κ3) is 2.66. The number of nitrogens with two attached hydrogens (primary N) is 1. The highest BCUT2D eigenvalue weighted by Crippen LogP contribution is 2.21. The maximum Gasteiger partial charge on any atom is 0.244 e. The van der Waals surface area contributed by atoms with Crippen molar-refractivity contribution in [2.45, 2.75) is 17.9 Å². The molecular weight excluding hydrogens is 272 g/mol. The smallest absolute Gasteiger partial charge is 0.244 e. The minimum absolute atomic E-state index is 0.0200. The molecule has 8 heteroatoms. The van der Waals surface area contributed by atoms with Crippen LogP contribution in [0.1, 0.15) is 18.0 Å². The summed E-state index contributed by atoms with van der Waals surface area (Å²) >= 11 is 1.39. The molecule has 18 heavy (non-hydrogen) atoms. The standard InChI is InChI=1S/C10H12N4O2S2/c1-7(10-13-4-5-17-10)14-18(15,16)9-6-12-3-2-8(9)11/h2-7,14H,1H3,(H2,11,12). The van der Waals surface area contributed by atoms with Crippen molar-refractivity contribution in [1.29, 1.82) is 0 Å². The Balaban J connectivity index is 2.26. The summed E-state index contributed by atoms with van der Waals surface area (Å²) in [5.74, 6) is 0. The molecule has 0 saturated carbocycles. The molecule has 2 heterocycles. The van der Waals surface area contributed by atoms with Crippen LogP contribution in [0.2, 0.25) is 0 Å². The number of aromatic nitrogens is 2. The van der Waals surface area contributed by atoms with Crippen LogP contribution in [0.5, 0.6) is 0 Å². The van der Waals surface area contributed by atoms with Crippen LogP contribution in [0.4, 0.5) is 5.69 Å². The maximum atomic E-state index is 12.1. The van der Waals surface area contributed by atoms with Gasteiger partial charge in [-0.3, -0.25) is 4.98 Å². The minimum atomic E-state index is -3.69. The lowest BCUT2D eigenvalue weighted by molar-refractivity contribution is 0.566. The predicted molar refractivity (Wildman–Crippen MR) is 69.5 cm³/mol. The van der Waals surface area contributed by atoms with Gasteiger partial charge in [-0.2, -0.15) is 0 Å². The molecule has 6 nitrogen and oxygen atoms in total. The van der Waals surface area contributed by atoms with Gasteiger partial charge in [0.05, 0.1) is 11.7 Å². The largest absolute Gasteiger partial charge is 0.398 e. The monoisotopic (exact) mass is 284 g/mol. The Bertz CT molecular complexity index is 625. The van der Waals surface area contributed by atoms with Crippen LogP contribution in [0.25, 0.3) is 0 Å². The summed E-state index contributed by atoms with van der Waals surface area (Å²) in [6, 6.07) is 1.04. The first kappa shape index (κ1) is 12.9. The number of nitrogen functional groups attached to an aromatic ring is 1. The molecule has 0 aliphatic rings. The molecule has 0 aliphatic heterocycles. The number of hydrogen-bond donors (Lipinski definition) is 2. The molecule has 2 aromatic rings. The highest BCUT2D eigenvalue weighted by Gasteiger charge is 2.21. The van der Waals surface area contributed by atoms with E-state index in [0.717, 1.165) is 0 Å². The Morgan fingerprint density at radius 3 is 2.83 bits per heavy atom. The zero-order valence-electron chi connectivity index (χ0n) is 9.57. The lowest BCUT2D eigenvalue weighted by atomic mass is 10.4. The van der Waals surface area contributed by atoms with Crippen molar-refractivity contribution in [1.82, 2.24) is 14.7 Å². The Kier molecular flexibility index (Phi) is 3.60. The van der Waals surface area contributed by atoms with E-state index in [2.05, 4.69) is 14.7 Å².